The van der Waals surface area contributed by atoms with E-state index in [1.807, 2.05) is 11.8 Å². The number of hydrogen-bond acceptors (Lipinski definition) is 5. The number of carbonyl (C=O) groups excluding carboxylic acids is 1. The molecule has 2 heterocycles. The molecule has 2 rings (SSSR count). The van der Waals surface area contributed by atoms with Crippen LogP contribution in [0.1, 0.15) is 10.6 Å². The van der Waals surface area contributed by atoms with Gasteiger partial charge in [-0.25, -0.2) is 0 Å². The largest absolute Gasteiger partial charge is 0.334 e. The highest BCUT2D eigenvalue weighted by Gasteiger charge is 2.21. The van der Waals surface area contributed by atoms with Crippen LogP contribution in [0.2, 0.25) is 0 Å². The van der Waals surface area contributed by atoms with E-state index in [0.29, 0.717) is 0 Å². The van der Waals surface area contributed by atoms with Crippen molar-refractivity contribution < 1.29 is 4.79 Å². The molecule has 1 aliphatic heterocycles. The van der Waals surface area contributed by atoms with Crippen molar-refractivity contribution in [2.24, 2.45) is 0 Å². The molecule has 13 heavy (non-hydrogen) atoms. The molecule has 0 aromatic carbocycles. The molecule has 1 fully saturated rings. The first kappa shape index (κ1) is 8.49. The van der Waals surface area contributed by atoms with Gasteiger partial charge >= 0.3 is 0 Å². The van der Waals surface area contributed by atoms with E-state index in [4.69, 9.17) is 0 Å². The van der Waals surface area contributed by atoms with E-state index in [2.05, 4.69) is 20.6 Å². The molecule has 0 spiro atoms. The summed E-state index contributed by atoms with van der Waals surface area (Å²) in [4.78, 5) is 13.3. The minimum Gasteiger partial charge on any atom is -0.334 e. The third kappa shape index (κ3) is 1.80. The monoisotopic (exact) mass is 199 g/mol. The van der Waals surface area contributed by atoms with Crippen molar-refractivity contribution in [1.29, 1.82) is 0 Å². The summed E-state index contributed by atoms with van der Waals surface area (Å²) < 4.78 is 0. The quantitative estimate of drug-likeness (QED) is 0.653. The third-order valence-corrected chi connectivity index (χ3v) is 2.78. The van der Waals surface area contributed by atoms with Crippen molar-refractivity contribution >= 4 is 17.7 Å². The molecule has 0 atom stereocenters. The molecule has 1 saturated heterocycles. The average Bonchev–Trinajstić information content (AvgIpc) is 2.71. The Bertz CT molecular complexity index is 281. The van der Waals surface area contributed by atoms with Gasteiger partial charge in [0, 0.05) is 24.6 Å². The molecule has 6 nitrogen and oxygen atoms in total. The van der Waals surface area contributed by atoms with Gasteiger partial charge in [-0.15, -0.1) is 10.2 Å². The first-order chi connectivity index (χ1) is 6.38. The van der Waals surface area contributed by atoms with E-state index in [0.717, 1.165) is 24.6 Å². The Morgan fingerprint density at radius 3 is 2.85 bits per heavy atom. The number of hydrogen-bond donors (Lipinski definition) is 1. The second-order valence-electron chi connectivity index (χ2n) is 2.64. The predicted molar refractivity (Wildman–Crippen MR) is 47.4 cm³/mol. The van der Waals surface area contributed by atoms with Crippen LogP contribution in [0.25, 0.3) is 0 Å². The lowest BCUT2D eigenvalue weighted by Crippen LogP contribution is -2.38. The number of nitrogens with zero attached hydrogens (tertiary/aromatic N) is 4. The zero-order valence-corrected chi connectivity index (χ0v) is 7.75. The lowest BCUT2D eigenvalue weighted by atomic mass is 10.4. The number of aromatic nitrogens is 4. The zero-order valence-electron chi connectivity index (χ0n) is 6.93. The SMILES string of the molecule is O=C(c1nn[nH]n1)N1CCSCC1. The minimum absolute atomic E-state index is 0.131. The number of rotatable bonds is 1. The smallest absolute Gasteiger partial charge is 0.295 e. The standard InChI is InChI=1S/C6H9N5OS/c12-6(5-7-9-10-8-5)11-1-3-13-4-2-11/h1-4H2,(H,7,8,9,10). The van der Waals surface area contributed by atoms with Gasteiger partial charge in [-0.3, -0.25) is 4.79 Å². The summed E-state index contributed by atoms with van der Waals surface area (Å²) in [6, 6.07) is 0. The topological polar surface area (TPSA) is 74.8 Å². The third-order valence-electron chi connectivity index (χ3n) is 1.83. The fourth-order valence-corrected chi connectivity index (χ4v) is 2.06. The molecule has 0 bridgehead atoms. The van der Waals surface area contributed by atoms with Gasteiger partial charge in [0.1, 0.15) is 0 Å². The molecule has 0 saturated carbocycles. The Morgan fingerprint density at radius 1 is 1.46 bits per heavy atom. The van der Waals surface area contributed by atoms with E-state index in [1.165, 1.54) is 0 Å². The molecule has 1 aromatic rings. The molecular formula is C6H9N5OS. The van der Waals surface area contributed by atoms with Crippen molar-refractivity contribution in [3.05, 3.63) is 5.82 Å². The van der Waals surface area contributed by atoms with Crippen LogP contribution in [0.15, 0.2) is 0 Å². The van der Waals surface area contributed by atoms with Crippen LogP contribution in [0.3, 0.4) is 0 Å². The summed E-state index contributed by atoms with van der Waals surface area (Å²) in [5.74, 6) is 2.01. The number of nitrogens with one attached hydrogen (secondary N) is 1. The molecule has 1 aliphatic rings. The highest BCUT2D eigenvalue weighted by molar-refractivity contribution is 7.99. The summed E-state index contributed by atoms with van der Waals surface area (Å²) in [6.07, 6.45) is 0. The van der Waals surface area contributed by atoms with Gasteiger partial charge in [0.05, 0.1) is 0 Å². The number of amides is 1. The highest BCUT2D eigenvalue weighted by atomic mass is 32.2. The van der Waals surface area contributed by atoms with Crippen LogP contribution in [-0.4, -0.2) is 56.0 Å². The molecule has 70 valence electrons. The second-order valence-corrected chi connectivity index (χ2v) is 3.86. The van der Waals surface area contributed by atoms with Crippen LogP contribution in [-0.2, 0) is 0 Å². The van der Waals surface area contributed by atoms with Crippen molar-refractivity contribution in [2.45, 2.75) is 0 Å². The fourth-order valence-electron chi connectivity index (χ4n) is 1.16. The van der Waals surface area contributed by atoms with E-state index < -0.39 is 0 Å². The number of thioether (sulfide) groups is 1. The molecule has 0 radical (unpaired) electrons. The first-order valence-electron chi connectivity index (χ1n) is 3.98. The van der Waals surface area contributed by atoms with Gasteiger partial charge in [0.25, 0.3) is 11.7 Å². The van der Waals surface area contributed by atoms with E-state index in [1.54, 1.807) is 4.90 Å². The molecule has 7 heteroatoms. The van der Waals surface area contributed by atoms with Crippen molar-refractivity contribution in [2.75, 3.05) is 24.6 Å². The lowest BCUT2D eigenvalue weighted by molar-refractivity contribution is 0.0760. The molecule has 0 aliphatic carbocycles. The molecule has 1 aromatic heterocycles. The maximum atomic E-state index is 11.6. The van der Waals surface area contributed by atoms with E-state index in [-0.39, 0.29) is 11.7 Å². The Morgan fingerprint density at radius 2 is 2.23 bits per heavy atom. The normalized spacial score (nSPS) is 17.4. The van der Waals surface area contributed by atoms with Crippen LogP contribution >= 0.6 is 11.8 Å². The maximum Gasteiger partial charge on any atom is 0.295 e. The van der Waals surface area contributed by atoms with Gasteiger partial charge in [-0.2, -0.15) is 17.0 Å². The molecule has 1 N–H and O–H groups in total. The molecule has 1 amide bonds. The zero-order chi connectivity index (χ0) is 9.10. The van der Waals surface area contributed by atoms with Crippen molar-refractivity contribution in [3.8, 4) is 0 Å². The van der Waals surface area contributed by atoms with Crippen LogP contribution in [0.4, 0.5) is 0 Å². The van der Waals surface area contributed by atoms with E-state index >= 15 is 0 Å². The summed E-state index contributed by atoms with van der Waals surface area (Å²) in [5, 5.41) is 12.9. The molecular weight excluding hydrogens is 190 g/mol. The number of tetrazole rings is 1. The highest BCUT2D eigenvalue weighted by Crippen LogP contribution is 2.10. The maximum absolute atomic E-state index is 11.6. The Kier molecular flexibility index (Phi) is 2.44. The summed E-state index contributed by atoms with van der Waals surface area (Å²) >= 11 is 1.86. The second kappa shape index (κ2) is 3.73. The average molecular weight is 199 g/mol. The van der Waals surface area contributed by atoms with Crippen LogP contribution in [0.5, 0.6) is 0 Å². The minimum atomic E-state index is -0.131. The van der Waals surface area contributed by atoms with Gasteiger partial charge in [-0.1, -0.05) is 0 Å². The van der Waals surface area contributed by atoms with Gasteiger partial charge in [-0.05, 0) is 5.21 Å². The number of aromatic amines is 1. The Balaban J connectivity index is 2.04. The summed E-state index contributed by atoms with van der Waals surface area (Å²) in [7, 11) is 0. The summed E-state index contributed by atoms with van der Waals surface area (Å²) in [5.41, 5.74) is 0. The molecule has 0 unspecified atom stereocenters. The fraction of sp³-hybridized carbons (Fsp3) is 0.667. The summed E-state index contributed by atoms with van der Waals surface area (Å²) in [6.45, 7) is 1.55. The lowest BCUT2D eigenvalue weighted by Gasteiger charge is -2.24. The van der Waals surface area contributed by atoms with Crippen LogP contribution in [0, 0.1) is 0 Å². The first-order valence-corrected chi connectivity index (χ1v) is 5.14. The van der Waals surface area contributed by atoms with Crippen LogP contribution < -0.4 is 0 Å². The number of carbonyl (C=O) groups is 1. The van der Waals surface area contributed by atoms with Gasteiger partial charge < -0.3 is 4.90 Å². The van der Waals surface area contributed by atoms with Crippen molar-refractivity contribution in [1.82, 2.24) is 25.5 Å². The van der Waals surface area contributed by atoms with E-state index in [9.17, 15) is 4.79 Å². The van der Waals surface area contributed by atoms with Crippen molar-refractivity contribution in [3.63, 3.8) is 0 Å². The Labute approximate surface area is 79.1 Å². The predicted octanol–water partition coefficient (Wildman–Crippen LogP) is -0.611. The van der Waals surface area contributed by atoms with Gasteiger partial charge in [0.2, 0.25) is 0 Å². The number of H-pyrrole nitrogens is 1. The Hall–Kier alpha value is -1.11. The van der Waals surface area contributed by atoms with Gasteiger partial charge in [0.15, 0.2) is 0 Å².